The SMILES string of the molecule is COc1ccccc1CNC(=O)C(=O)N[C@@H](C)[C@@H](c1cccs1)N1CCN(c2ccc(F)cc2)CC1. The molecule has 1 aromatic heterocycles. The number of rotatable bonds is 8. The maximum atomic E-state index is 13.3. The molecule has 3 aromatic rings. The van der Waals surface area contributed by atoms with E-state index < -0.39 is 11.8 Å². The van der Waals surface area contributed by atoms with E-state index in [1.54, 1.807) is 30.6 Å². The van der Waals surface area contributed by atoms with Crippen LogP contribution in [0.25, 0.3) is 0 Å². The Labute approximate surface area is 214 Å². The summed E-state index contributed by atoms with van der Waals surface area (Å²) in [5, 5.41) is 7.61. The highest BCUT2D eigenvalue weighted by molar-refractivity contribution is 7.10. The Morgan fingerprint density at radius 1 is 1.00 bits per heavy atom. The molecule has 2 amide bonds. The third-order valence-corrected chi connectivity index (χ3v) is 7.35. The lowest BCUT2D eigenvalue weighted by molar-refractivity contribution is -0.140. The fourth-order valence-corrected chi connectivity index (χ4v) is 5.53. The van der Waals surface area contributed by atoms with E-state index in [4.69, 9.17) is 4.74 Å². The fourth-order valence-electron chi connectivity index (χ4n) is 4.57. The number of anilines is 1. The fraction of sp³-hybridized carbons (Fsp3) is 0.333. The zero-order chi connectivity index (χ0) is 25.5. The lowest BCUT2D eigenvalue weighted by atomic mass is 10.0. The monoisotopic (exact) mass is 510 g/mol. The Morgan fingerprint density at radius 3 is 2.39 bits per heavy atom. The number of piperazine rings is 1. The van der Waals surface area contributed by atoms with Gasteiger partial charge < -0.3 is 20.3 Å². The van der Waals surface area contributed by atoms with E-state index in [-0.39, 0.29) is 24.4 Å². The zero-order valence-electron chi connectivity index (χ0n) is 20.4. The molecular weight excluding hydrogens is 479 g/mol. The van der Waals surface area contributed by atoms with Crippen LogP contribution in [0.4, 0.5) is 10.1 Å². The quantitative estimate of drug-likeness (QED) is 0.453. The minimum absolute atomic E-state index is 0.0636. The molecule has 0 radical (unpaired) electrons. The third-order valence-electron chi connectivity index (χ3n) is 6.40. The van der Waals surface area contributed by atoms with Crippen LogP contribution < -0.4 is 20.3 Å². The summed E-state index contributed by atoms with van der Waals surface area (Å²) in [5.74, 6) is -0.932. The number of hydrogen-bond donors (Lipinski definition) is 2. The Kier molecular flexibility index (Phi) is 8.56. The molecule has 7 nitrogen and oxygen atoms in total. The molecule has 1 fully saturated rings. The number of carbonyl (C=O) groups is 2. The van der Waals surface area contributed by atoms with E-state index in [2.05, 4.69) is 26.5 Å². The number of halogens is 1. The van der Waals surface area contributed by atoms with Crippen molar-refractivity contribution in [2.75, 3.05) is 38.2 Å². The summed E-state index contributed by atoms with van der Waals surface area (Å²) in [6, 6.07) is 17.6. The van der Waals surface area contributed by atoms with Crippen LogP contribution in [0.2, 0.25) is 0 Å². The van der Waals surface area contributed by atoms with Gasteiger partial charge in [0.05, 0.1) is 13.2 Å². The molecule has 0 saturated carbocycles. The minimum atomic E-state index is -0.682. The van der Waals surface area contributed by atoms with Crippen molar-refractivity contribution in [2.24, 2.45) is 0 Å². The smallest absolute Gasteiger partial charge is 0.309 e. The second kappa shape index (κ2) is 12.0. The first-order valence-electron chi connectivity index (χ1n) is 11.9. The predicted molar refractivity (Wildman–Crippen MR) is 140 cm³/mol. The number of hydrogen-bond acceptors (Lipinski definition) is 6. The topological polar surface area (TPSA) is 73.9 Å². The Hall–Kier alpha value is -3.43. The molecule has 0 aliphatic carbocycles. The van der Waals surface area contributed by atoms with Crippen LogP contribution in [0.3, 0.4) is 0 Å². The molecule has 0 bridgehead atoms. The van der Waals surface area contributed by atoms with Gasteiger partial charge in [-0.15, -0.1) is 11.3 Å². The lowest BCUT2D eigenvalue weighted by Gasteiger charge is -2.42. The number of nitrogens with zero attached hydrogens (tertiary/aromatic N) is 2. The van der Waals surface area contributed by atoms with Gasteiger partial charge in [-0.3, -0.25) is 14.5 Å². The molecule has 0 spiro atoms. The van der Waals surface area contributed by atoms with Crippen LogP contribution in [0, 0.1) is 5.82 Å². The highest BCUT2D eigenvalue weighted by atomic mass is 32.1. The summed E-state index contributed by atoms with van der Waals surface area (Å²) < 4.78 is 18.6. The van der Waals surface area contributed by atoms with Gasteiger partial charge in [-0.2, -0.15) is 0 Å². The highest BCUT2D eigenvalue weighted by Crippen LogP contribution is 2.30. The molecule has 1 saturated heterocycles. The first-order chi connectivity index (χ1) is 17.5. The van der Waals surface area contributed by atoms with Crippen molar-refractivity contribution in [1.82, 2.24) is 15.5 Å². The predicted octanol–water partition coefficient (Wildman–Crippen LogP) is 3.58. The molecule has 4 rings (SSSR count). The number of para-hydroxylation sites is 1. The normalized spacial score (nSPS) is 15.7. The summed E-state index contributed by atoms with van der Waals surface area (Å²) in [6.45, 7) is 5.26. The van der Waals surface area contributed by atoms with E-state index in [1.165, 1.54) is 12.1 Å². The average Bonchev–Trinajstić information content (AvgIpc) is 3.42. The maximum Gasteiger partial charge on any atom is 0.309 e. The average molecular weight is 511 g/mol. The molecule has 36 heavy (non-hydrogen) atoms. The molecule has 2 aromatic carbocycles. The van der Waals surface area contributed by atoms with Crippen LogP contribution in [0.5, 0.6) is 5.75 Å². The highest BCUT2D eigenvalue weighted by Gasteiger charge is 2.32. The van der Waals surface area contributed by atoms with Gasteiger partial charge in [0.2, 0.25) is 0 Å². The van der Waals surface area contributed by atoms with Crippen molar-refractivity contribution in [3.8, 4) is 5.75 Å². The number of methoxy groups -OCH3 is 1. The van der Waals surface area contributed by atoms with E-state index in [0.717, 1.165) is 42.3 Å². The van der Waals surface area contributed by atoms with Gasteiger partial charge in [0.1, 0.15) is 11.6 Å². The van der Waals surface area contributed by atoms with Crippen molar-refractivity contribution in [2.45, 2.75) is 25.6 Å². The van der Waals surface area contributed by atoms with E-state index in [0.29, 0.717) is 5.75 Å². The summed E-state index contributed by atoms with van der Waals surface area (Å²) >= 11 is 1.64. The summed E-state index contributed by atoms with van der Waals surface area (Å²) in [4.78, 5) is 31.0. The van der Waals surface area contributed by atoms with Gasteiger partial charge in [0.15, 0.2) is 0 Å². The third kappa shape index (κ3) is 6.22. The standard InChI is InChI=1S/C27H31FN4O3S/c1-19(30-27(34)26(33)29-18-20-6-3-4-7-23(20)35-2)25(24-8-5-17-36-24)32-15-13-31(14-16-32)22-11-9-21(28)10-12-22/h3-12,17,19,25H,13-16,18H2,1-2H3,(H,29,33)(H,30,34)/t19-,25-/m0/s1. The Balaban J connectivity index is 1.37. The van der Waals surface area contributed by atoms with Crippen LogP contribution in [-0.4, -0.2) is 56.0 Å². The van der Waals surface area contributed by atoms with Gasteiger partial charge in [-0.05, 0) is 48.7 Å². The molecule has 2 atom stereocenters. The maximum absolute atomic E-state index is 13.3. The van der Waals surface area contributed by atoms with Crippen molar-refractivity contribution in [1.29, 1.82) is 0 Å². The van der Waals surface area contributed by atoms with Gasteiger partial charge >= 0.3 is 11.8 Å². The molecule has 1 aliphatic heterocycles. The molecule has 2 N–H and O–H groups in total. The van der Waals surface area contributed by atoms with E-state index >= 15 is 0 Å². The second-order valence-electron chi connectivity index (χ2n) is 8.72. The number of carbonyl (C=O) groups excluding carboxylic acids is 2. The summed E-state index contributed by atoms with van der Waals surface area (Å²) in [6.07, 6.45) is 0. The van der Waals surface area contributed by atoms with Crippen LogP contribution in [-0.2, 0) is 16.1 Å². The largest absolute Gasteiger partial charge is 0.496 e. The van der Waals surface area contributed by atoms with Gasteiger partial charge in [0.25, 0.3) is 0 Å². The van der Waals surface area contributed by atoms with Crippen molar-refractivity contribution >= 4 is 28.8 Å². The molecule has 0 unspecified atom stereocenters. The summed E-state index contributed by atoms with van der Waals surface area (Å²) in [7, 11) is 1.57. The molecule has 9 heteroatoms. The zero-order valence-corrected chi connectivity index (χ0v) is 21.3. The Bertz CT molecular complexity index is 1150. The Morgan fingerprint density at radius 2 is 1.72 bits per heavy atom. The van der Waals surface area contributed by atoms with Gasteiger partial charge in [0, 0.05) is 54.9 Å². The number of ether oxygens (including phenoxy) is 1. The van der Waals surface area contributed by atoms with Crippen molar-refractivity contribution in [3.63, 3.8) is 0 Å². The first kappa shape index (κ1) is 25.7. The molecule has 2 heterocycles. The van der Waals surface area contributed by atoms with E-state index in [9.17, 15) is 14.0 Å². The van der Waals surface area contributed by atoms with E-state index in [1.807, 2.05) is 42.6 Å². The first-order valence-corrected chi connectivity index (χ1v) is 12.8. The molecule has 1 aliphatic rings. The van der Waals surface area contributed by atoms with Crippen LogP contribution >= 0.6 is 11.3 Å². The van der Waals surface area contributed by atoms with Crippen molar-refractivity contribution in [3.05, 3.63) is 82.3 Å². The minimum Gasteiger partial charge on any atom is -0.496 e. The van der Waals surface area contributed by atoms with Gasteiger partial charge in [-0.25, -0.2) is 4.39 Å². The van der Waals surface area contributed by atoms with Crippen molar-refractivity contribution < 1.29 is 18.7 Å². The number of thiophene rings is 1. The summed E-state index contributed by atoms with van der Waals surface area (Å²) in [5.41, 5.74) is 1.79. The lowest BCUT2D eigenvalue weighted by Crippen LogP contribution is -2.53. The van der Waals surface area contributed by atoms with Gasteiger partial charge in [-0.1, -0.05) is 24.3 Å². The number of benzene rings is 2. The number of nitrogens with one attached hydrogen (secondary N) is 2. The number of amides is 2. The molecule has 190 valence electrons. The van der Waals surface area contributed by atoms with Crippen LogP contribution in [0.1, 0.15) is 23.4 Å². The second-order valence-corrected chi connectivity index (χ2v) is 9.70. The molecular formula is C27H31FN4O3S. The van der Waals surface area contributed by atoms with Crippen LogP contribution in [0.15, 0.2) is 66.0 Å².